The predicted molar refractivity (Wildman–Crippen MR) is 72.5 cm³/mol. The van der Waals surface area contributed by atoms with Crippen molar-refractivity contribution in [1.29, 1.82) is 0 Å². The second-order valence-corrected chi connectivity index (χ2v) is 5.81. The molecular formula is C14H25N3O. The maximum absolute atomic E-state index is 5.80. The number of hydrogen-bond donors (Lipinski definition) is 1. The number of hydrogen-bond acceptors (Lipinski definition) is 3. The van der Waals surface area contributed by atoms with Crippen LogP contribution in [0.25, 0.3) is 0 Å². The van der Waals surface area contributed by atoms with E-state index in [1.54, 1.807) is 0 Å². The Labute approximate surface area is 110 Å². The topological polar surface area (TPSA) is 41.2 Å². The molecule has 0 radical (unpaired) electrons. The summed E-state index contributed by atoms with van der Waals surface area (Å²) in [7, 11) is 0. The minimum atomic E-state index is 0.0141. The van der Waals surface area contributed by atoms with E-state index in [4.69, 9.17) is 4.74 Å². The predicted octanol–water partition coefficient (Wildman–Crippen LogP) is 2.50. The Morgan fingerprint density at radius 3 is 2.89 bits per heavy atom. The van der Waals surface area contributed by atoms with Crippen molar-refractivity contribution in [3.8, 4) is 0 Å². The summed E-state index contributed by atoms with van der Waals surface area (Å²) >= 11 is 0. The van der Waals surface area contributed by atoms with Gasteiger partial charge in [0.05, 0.1) is 5.60 Å². The van der Waals surface area contributed by atoms with Crippen molar-refractivity contribution in [3.63, 3.8) is 0 Å². The van der Waals surface area contributed by atoms with Crippen LogP contribution in [0.4, 0.5) is 0 Å². The van der Waals surface area contributed by atoms with Crippen LogP contribution in [0.1, 0.15) is 45.1 Å². The second kappa shape index (κ2) is 5.41. The van der Waals surface area contributed by atoms with E-state index in [0.717, 1.165) is 38.4 Å². The molecule has 4 nitrogen and oxygen atoms in total. The van der Waals surface area contributed by atoms with Crippen molar-refractivity contribution in [2.45, 2.75) is 58.7 Å². The van der Waals surface area contributed by atoms with Gasteiger partial charge in [-0.05, 0) is 40.2 Å². The quantitative estimate of drug-likeness (QED) is 0.894. The largest absolute Gasteiger partial charge is 0.375 e. The van der Waals surface area contributed by atoms with Crippen LogP contribution in [-0.2, 0) is 11.3 Å². The Hall–Kier alpha value is -0.870. The van der Waals surface area contributed by atoms with E-state index in [9.17, 15) is 0 Å². The highest BCUT2D eigenvalue weighted by Crippen LogP contribution is 2.28. The fourth-order valence-electron chi connectivity index (χ4n) is 2.78. The van der Waals surface area contributed by atoms with Gasteiger partial charge < -0.3 is 9.72 Å². The highest BCUT2D eigenvalue weighted by Gasteiger charge is 2.31. The minimum Gasteiger partial charge on any atom is -0.375 e. The SMILES string of the molecule is CCN(Cc1cnc(C)[nH]1)C1CCOC(C)(C)C1. The van der Waals surface area contributed by atoms with Crippen molar-refractivity contribution in [2.24, 2.45) is 0 Å². The fraction of sp³-hybridized carbons (Fsp3) is 0.786. The summed E-state index contributed by atoms with van der Waals surface area (Å²) in [6.07, 6.45) is 4.18. The molecule has 0 aliphatic carbocycles. The Morgan fingerprint density at radius 2 is 2.33 bits per heavy atom. The summed E-state index contributed by atoms with van der Waals surface area (Å²) in [5, 5.41) is 0. The molecule has 1 N–H and O–H groups in total. The second-order valence-electron chi connectivity index (χ2n) is 5.81. The summed E-state index contributed by atoms with van der Waals surface area (Å²) in [6.45, 7) is 11.5. The summed E-state index contributed by atoms with van der Waals surface area (Å²) in [6, 6.07) is 0.613. The maximum Gasteiger partial charge on any atom is 0.103 e. The molecule has 2 heterocycles. The summed E-state index contributed by atoms with van der Waals surface area (Å²) < 4.78 is 5.80. The van der Waals surface area contributed by atoms with Crippen LogP contribution in [0.3, 0.4) is 0 Å². The van der Waals surface area contributed by atoms with E-state index in [0.29, 0.717) is 6.04 Å². The third-order valence-corrected chi connectivity index (χ3v) is 3.72. The van der Waals surface area contributed by atoms with Crippen LogP contribution < -0.4 is 0 Å². The molecule has 0 spiro atoms. The first-order valence-electron chi connectivity index (χ1n) is 6.88. The van der Waals surface area contributed by atoms with E-state index < -0.39 is 0 Å². The average Bonchev–Trinajstić information content (AvgIpc) is 2.70. The zero-order valence-corrected chi connectivity index (χ0v) is 12.0. The van der Waals surface area contributed by atoms with E-state index >= 15 is 0 Å². The molecule has 0 saturated carbocycles. The molecule has 1 aliphatic heterocycles. The highest BCUT2D eigenvalue weighted by atomic mass is 16.5. The van der Waals surface area contributed by atoms with Gasteiger partial charge >= 0.3 is 0 Å². The normalized spacial score (nSPS) is 23.5. The van der Waals surface area contributed by atoms with Gasteiger partial charge in [0.25, 0.3) is 0 Å². The molecule has 2 rings (SSSR count). The van der Waals surface area contributed by atoms with E-state index in [-0.39, 0.29) is 5.60 Å². The average molecular weight is 251 g/mol. The van der Waals surface area contributed by atoms with Gasteiger partial charge in [-0.2, -0.15) is 0 Å². The third kappa shape index (κ3) is 3.33. The summed E-state index contributed by atoms with van der Waals surface area (Å²) in [5.41, 5.74) is 1.22. The van der Waals surface area contributed by atoms with E-state index in [2.05, 4.69) is 35.6 Å². The third-order valence-electron chi connectivity index (χ3n) is 3.72. The molecule has 0 bridgehead atoms. The van der Waals surface area contributed by atoms with Gasteiger partial charge in [0, 0.05) is 31.1 Å². The Morgan fingerprint density at radius 1 is 1.56 bits per heavy atom. The van der Waals surface area contributed by atoms with Gasteiger partial charge in [0.2, 0.25) is 0 Å². The molecular weight excluding hydrogens is 226 g/mol. The lowest BCUT2D eigenvalue weighted by atomic mass is 9.92. The van der Waals surface area contributed by atoms with Crippen molar-refractivity contribution in [1.82, 2.24) is 14.9 Å². The van der Waals surface area contributed by atoms with Gasteiger partial charge in [-0.25, -0.2) is 4.98 Å². The van der Waals surface area contributed by atoms with Crippen LogP contribution in [-0.4, -0.2) is 39.7 Å². The molecule has 1 unspecified atom stereocenters. The van der Waals surface area contributed by atoms with Crippen molar-refractivity contribution in [3.05, 3.63) is 17.7 Å². The molecule has 1 aliphatic rings. The first-order chi connectivity index (χ1) is 8.50. The number of nitrogens with zero attached hydrogens (tertiary/aromatic N) is 2. The monoisotopic (exact) mass is 251 g/mol. The van der Waals surface area contributed by atoms with E-state index in [1.807, 2.05) is 13.1 Å². The van der Waals surface area contributed by atoms with Crippen LogP contribution in [0, 0.1) is 6.92 Å². The highest BCUT2D eigenvalue weighted by molar-refractivity contribution is 5.00. The molecule has 18 heavy (non-hydrogen) atoms. The molecule has 4 heteroatoms. The zero-order chi connectivity index (χ0) is 13.2. The molecule has 0 aromatic carbocycles. The first-order valence-corrected chi connectivity index (χ1v) is 6.88. The van der Waals surface area contributed by atoms with Crippen molar-refractivity contribution < 1.29 is 4.74 Å². The first kappa shape index (κ1) is 13.6. The molecule has 1 aromatic rings. The summed E-state index contributed by atoms with van der Waals surface area (Å²) in [5.74, 6) is 0.994. The lowest BCUT2D eigenvalue weighted by molar-refractivity contribution is -0.0839. The van der Waals surface area contributed by atoms with Gasteiger partial charge in [0.15, 0.2) is 0 Å². The molecule has 102 valence electrons. The zero-order valence-electron chi connectivity index (χ0n) is 12.0. The standard InChI is InChI=1S/C14H25N3O/c1-5-17(10-12-9-15-11(2)16-12)13-6-7-18-14(3,4)8-13/h9,13H,5-8,10H2,1-4H3,(H,15,16). The number of H-pyrrole nitrogens is 1. The Kier molecular flexibility index (Phi) is 4.07. The number of rotatable bonds is 4. The molecule has 1 atom stereocenters. The van der Waals surface area contributed by atoms with Gasteiger partial charge in [-0.1, -0.05) is 6.92 Å². The van der Waals surface area contributed by atoms with Gasteiger partial charge in [-0.15, -0.1) is 0 Å². The fourth-order valence-corrected chi connectivity index (χ4v) is 2.78. The number of aryl methyl sites for hydroxylation is 1. The minimum absolute atomic E-state index is 0.0141. The number of ether oxygens (including phenoxy) is 1. The number of aromatic amines is 1. The van der Waals surface area contributed by atoms with Crippen LogP contribution in [0.5, 0.6) is 0 Å². The summed E-state index contributed by atoms with van der Waals surface area (Å²) in [4.78, 5) is 10.1. The lowest BCUT2D eigenvalue weighted by Gasteiger charge is -2.40. The molecule has 1 fully saturated rings. The molecule has 1 aromatic heterocycles. The smallest absolute Gasteiger partial charge is 0.103 e. The number of aromatic nitrogens is 2. The van der Waals surface area contributed by atoms with Crippen molar-refractivity contribution in [2.75, 3.05) is 13.2 Å². The van der Waals surface area contributed by atoms with Crippen LogP contribution in [0.15, 0.2) is 6.20 Å². The van der Waals surface area contributed by atoms with E-state index in [1.165, 1.54) is 5.69 Å². The maximum atomic E-state index is 5.80. The number of nitrogens with one attached hydrogen (secondary N) is 1. The Bertz CT molecular complexity index is 386. The molecule has 1 saturated heterocycles. The lowest BCUT2D eigenvalue weighted by Crippen LogP contribution is -2.45. The molecule has 0 amide bonds. The van der Waals surface area contributed by atoms with Crippen LogP contribution in [0.2, 0.25) is 0 Å². The van der Waals surface area contributed by atoms with Crippen molar-refractivity contribution >= 4 is 0 Å². The number of imidazole rings is 1. The van der Waals surface area contributed by atoms with Gasteiger partial charge in [0.1, 0.15) is 5.82 Å². The van der Waals surface area contributed by atoms with Gasteiger partial charge in [-0.3, -0.25) is 4.90 Å². The van der Waals surface area contributed by atoms with Crippen LogP contribution >= 0.6 is 0 Å². The Balaban J connectivity index is 1.99.